The zero-order valence-corrected chi connectivity index (χ0v) is 13.9. The smallest absolute Gasteiger partial charge is 0.233 e. The van der Waals surface area contributed by atoms with Crippen LogP contribution in [-0.2, 0) is 4.79 Å². The summed E-state index contributed by atoms with van der Waals surface area (Å²) < 4.78 is 0. The highest BCUT2D eigenvalue weighted by molar-refractivity contribution is 8.00. The number of nitrogens with zero attached hydrogens (tertiary/aromatic N) is 1. The predicted molar refractivity (Wildman–Crippen MR) is 90.6 cm³/mol. The van der Waals surface area contributed by atoms with Crippen LogP contribution in [0.5, 0.6) is 0 Å². The van der Waals surface area contributed by atoms with Crippen molar-refractivity contribution in [2.75, 3.05) is 18.0 Å². The molecule has 0 atom stereocenters. The number of amides is 1. The van der Waals surface area contributed by atoms with E-state index >= 15 is 0 Å². The molecule has 0 aliphatic heterocycles. The first-order chi connectivity index (χ1) is 10.1. The van der Waals surface area contributed by atoms with E-state index in [1.54, 1.807) is 11.8 Å². The van der Waals surface area contributed by atoms with Crippen molar-refractivity contribution in [2.45, 2.75) is 56.9 Å². The molecule has 2 rings (SSSR count). The molecule has 0 heterocycles. The summed E-state index contributed by atoms with van der Waals surface area (Å²) in [5, 5.41) is 0. The fourth-order valence-electron chi connectivity index (χ4n) is 3.02. The number of aryl methyl sites for hydroxylation is 1. The van der Waals surface area contributed by atoms with Crippen molar-refractivity contribution in [2.24, 2.45) is 0 Å². The SMILES string of the molecule is CCN(C(=O)CSc1cc(C)ccc1N)C1CCCCC1. The molecule has 0 radical (unpaired) electrons. The Morgan fingerprint density at radius 3 is 2.71 bits per heavy atom. The first kappa shape index (κ1) is 16.2. The van der Waals surface area contributed by atoms with Crippen LogP contribution in [0, 0.1) is 6.92 Å². The number of hydrogen-bond acceptors (Lipinski definition) is 3. The van der Waals surface area contributed by atoms with Gasteiger partial charge in [0.1, 0.15) is 0 Å². The minimum absolute atomic E-state index is 0.246. The summed E-state index contributed by atoms with van der Waals surface area (Å²) >= 11 is 1.56. The zero-order valence-electron chi connectivity index (χ0n) is 13.1. The molecule has 2 N–H and O–H groups in total. The van der Waals surface area contributed by atoms with Crippen molar-refractivity contribution in [1.29, 1.82) is 0 Å². The summed E-state index contributed by atoms with van der Waals surface area (Å²) in [5.74, 6) is 0.730. The number of carbonyl (C=O) groups excluding carboxylic acids is 1. The van der Waals surface area contributed by atoms with E-state index in [9.17, 15) is 4.79 Å². The van der Waals surface area contributed by atoms with Gasteiger partial charge in [0, 0.05) is 23.2 Å². The average Bonchev–Trinajstić information content (AvgIpc) is 2.50. The number of carbonyl (C=O) groups is 1. The third-order valence-electron chi connectivity index (χ3n) is 4.20. The molecule has 0 saturated heterocycles. The van der Waals surface area contributed by atoms with E-state index in [0.717, 1.165) is 30.0 Å². The van der Waals surface area contributed by atoms with Crippen LogP contribution in [0.4, 0.5) is 5.69 Å². The van der Waals surface area contributed by atoms with Crippen molar-refractivity contribution in [3.8, 4) is 0 Å². The molecule has 1 fully saturated rings. The lowest BCUT2D eigenvalue weighted by molar-refractivity contribution is -0.131. The van der Waals surface area contributed by atoms with Gasteiger partial charge < -0.3 is 10.6 Å². The average molecular weight is 306 g/mol. The molecule has 1 aromatic carbocycles. The van der Waals surface area contributed by atoms with Crippen molar-refractivity contribution < 1.29 is 4.79 Å². The number of nitrogens with two attached hydrogens (primary N) is 1. The van der Waals surface area contributed by atoms with E-state index in [0.29, 0.717) is 11.8 Å². The number of benzene rings is 1. The summed E-state index contributed by atoms with van der Waals surface area (Å²) in [5.41, 5.74) is 7.92. The first-order valence-electron chi connectivity index (χ1n) is 7.90. The maximum Gasteiger partial charge on any atom is 0.233 e. The lowest BCUT2D eigenvalue weighted by Crippen LogP contribution is -2.42. The molecule has 1 aromatic rings. The summed E-state index contributed by atoms with van der Waals surface area (Å²) in [7, 11) is 0. The molecule has 21 heavy (non-hydrogen) atoms. The maximum atomic E-state index is 12.5. The van der Waals surface area contributed by atoms with Gasteiger partial charge in [-0.3, -0.25) is 4.79 Å². The summed E-state index contributed by atoms with van der Waals surface area (Å²) in [6.07, 6.45) is 6.16. The van der Waals surface area contributed by atoms with Crippen molar-refractivity contribution in [1.82, 2.24) is 4.90 Å². The highest BCUT2D eigenvalue weighted by Gasteiger charge is 2.24. The predicted octanol–water partition coefficient (Wildman–Crippen LogP) is 3.85. The molecule has 0 aromatic heterocycles. The summed E-state index contributed by atoms with van der Waals surface area (Å²) in [6, 6.07) is 6.43. The van der Waals surface area contributed by atoms with Crippen LogP contribution >= 0.6 is 11.8 Å². The second-order valence-electron chi connectivity index (χ2n) is 5.80. The van der Waals surface area contributed by atoms with E-state index in [2.05, 4.69) is 17.9 Å². The maximum absolute atomic E-state index is 12.5. The summed E-state index contributed by atoms with van der Waals surface area (Å²) in [4.78, 5) is 15.6. The summed E-state index contributed by atoms with van der Waals surface area (Å²) in [6.45, 7) is 4.94. The topological polar surface area (TPSA) is 46.3 Å². The lowest BCUT2D eigenvalue weighted by atomic mass is 9.94. The first-order valence-corrected chi connectivity index (χ1v) is 8.88. The minimum atomic E-state index is 0.246. The number of anilines is 1. The van der Waals surface area contributed by atoms with Crippen molar-refractivity contribution >= 4 is 23.4 Å². The van der Waals surface area contributed by atoms with Crippen LogP contribution in [0.2, 0.25) is 0 Å². The Labute approximate surface area is 132 Å². The lowest BCUT2D eigenvalue weighted by Gasteiger charge is -2.33. The molecule has 1 amide bonds. The molecular formula is C17H26N2OS. The molecule has 0 spiro atoms. The van der Waals surface area contributed by atoms with Gasteiger partial charge in [0.15, 0.2) is 0 Å². The molecule has 116 valence electrons. The Hall–Kier alpha value is -1.16. The van der Waals surface area contributed by atoms with Gasteiger partial charge in [-0.15, -0.1) is 11.8 Å². The third kappa shape index (κ3) is 4.40. The van der Waals surface area contributed by atoms with Crippen molar-refractivity contribution in [3.63, 3.8) is 0 Å². The van der Waals surface area contributed by atoms with Gasteiger partial charge in [-0.2, -0.15) is 0 Å². The molecule has 0 bridgehead atoms. The van der Waals surface area contributed by atoms with Gasteiger partial charge in [0.25, 0.3) is 0 Å². The fourth-order valence-corrected chi connectivity index (χ4v) is 3.97. The van der Waals surface area contributed by atoms with Crippen molar-refractivity contribution in [3.05, 3.63) is 23.8 Å². The van der Waals surface area contributed by atoms with Crippen LogP contribution in [0.3, 0.4) is 0 Å². The third-order valence-corrected chi connectivity index (χ3v) is 5.25. The van der Waals surface area contributed by atoms with E-state index in [1.165, 1.54) is 24.8 Å². The van der Waals surface area contributed by atoms with E-state index in [1.807, 2.05) is 19.1 Å². The Morgan fingerprint density at radius 2 is 2.05 bits per heavy atom. The largest absolute Gasteiger partial charge is 0.398 e. The van der Waals surface area contributed by atoms with Gasteiger partial charge in [0.2, 0.25) is 5.91 Å². The van der Waals surface area contributed by atoms with Crippen LogP contribution in [0.1, 0.15) is 44.6 Å². The Kier molecular flexibility index (Phi) is 5.97. The van der Waals surface area contributed by atoms with Gasteiger partial charge in [-0.05, 0) is 44.4 Å². The molecule has 1 aliphatic carbocycles. The van der Waals surface area contributed by atoms with Crippen LogP contribution in [-0.4, -0.2) is 29.1 Å². The second-order valence-corrected chi connectivity index (χ2v) is 6.82. The Balaban J connectivity index is 1.94. The second kappa shape index (κ2) is 7.74. The highest BCUT2D eigenvalue weighted by atomic mass is 32.2. The van der Waals surface area contributed by atoms with E-state index in [4.69, 9.17) is 5.73 Å². The molecule has 0 unspecified atom stereocenters. The van der Waals surface area contributed by atoms with Crippen LogP contribution in [0.25, 0.3) is 0 Å². The molecule has 4 heteroatoms. The monoisotopic (exact) mass is 306 g/mol. The molecular weight excluding hydrogens is 280 g/mol. The van der Waals surface area contributed by atoms with Gasteiger partial charge >= 0.3 is 0 Å². The van der Waals surface area contributed by atoms with Gasteiger partial charge in [-0.25, -0.2) is 0 Å². The zero-order chi connectivity index (χ0) is 15.2. The minimum Gasteiger partial charge on any atom is -0.398 e. The number of rotatable bonds is 5. The van der Waals surface area contributed by atoms with Gasteiger partial charge in [0.05, 0.1) is 5.75 Å². The van der Waals surface area contributed by atoms with Crippen LogP contribution < -0.4 is 5.73 Å². The van der Waals surface area contributed by atoms with Gasteiger partial charge in [-0.1, -0.05) is 25.3 Å². The quantitative estimate of drug-likeness (QED) is 0.664. The Morgan fingerprint density at radius 1 is 1.33 bits per heavy atom. The van der Waals surface area contributed by atoms with E-state index in [-0.39, 0.29) is 5.91 Å². The molecule has 3 nitrogen and oxygen atoms in total. The van der Waals surface area contributed by atoms with E-state index < -0.39 is 0 Å². The fraction of sp³-hybridized carbons (Fsp3) is 0.588. The molecule has 1 saturated carbocycles. The number of hydrogen-bond donors (Lipinski definition) is 1. The highest BCUT2D eigenvalue weighted by Crippen LogP contribution is 2.28. The number of thioether (sulfide) groups is 1. The standard InChI is InChI=1S/C17H26N2OS/c1-3-19(14-7-5-4-6-8-14)17(20)12-21-16-11-13(2)9-10-15(16)18/h9-11,14H,3-8,12,18H2,1-2H3. The Bertz CT molecular complexity index is 484. The normalized spacial score (nSPS) is 15.9. The molecule has 1 aliphatic rings. The van der Waals surface area contributed by atoms with Crippen LogP contribution in [0.15, 0.2) is 23.1 Å². The number of nitrogen functional groups attached to an aromatic ring is 1.